The number of nitriles is 1. The summed E-state index contributed by atoms with van der Waals surface area (Å²) in [6.45, 7) is 0. The lowest BCUT2D eigenvalue weighted by molar-refractivity contribution is -0.385. The van der Waals surface area contributed by atoms with Crippen LogP contribution in [0.25, 0.3) is 6.08 Å². The molecule has 0 radical (unpaired) electrons. The van der Waals surface area contributed by atoms with Crippen LogP contribution in [0.3, 0.4) is 0 Å². The number of amides is 1. The molecule has 3 rings (SSSR count). The van der Waals surface area contributed by atoms with Gasteiger partial charge in [-0.15, -0.1) is 0 Å². The maximum Gasteiger partial charge on any atom is 0.339 e. The number of hydrogen-bond acceptors (Lipinski definition) is 7. The molecule has 3 aromatic carbocycles. The van der Waals surface area contributed by atoms with Crippen molar-refractivity contribution in [3.05, 3.63) is 96.4 Å². The molecule has 0 aliphatic carbocycles. The van der Waals surface area contributed by atoms with E-state index in [1.54, 1.807) is 6.07 Å². The highest BCUT2D eigenvalue weighted by Crippen LogP contribution is 2.31. The van der Waals surface area contributed by atoms with Crippen LogP contribution in [0.4, 0.5) is 11.4 Å². The molecular weight excluding hydrogens is 585 g/mol. The third-order valence-corrected chi connectivity index (χ3v) is 6.92. The molecule has 178 valence electrons. The lowest BCUT2D eigenvalue weighted by Crippen LogP contribution is -2.13. The average molecular weight is 597 g/mol. The van der Waals surface area contributed by atoms with Gasteiger partial charge in [0.05, 0.1) is 19.4 Å². The monoisotopic (exact) mass is 595 g/mol. The molecule has 13 heteroatoms. The Hall–Kier alpha value is -3.43. The molecule has 0 fully saturated rings. The summed E-state index contributed by atoms with van der Waals surface area (Å²) in [5.41, 5.74) is 0.0814. The van der Waals surface area contributed by atoms with E-state index in [9.17, 15) is 28.6 Å². The standard InChI is InChI=1S/C22H12BrCl2N3O6S/c23-18-9-13(8-14(12-26)22(29)27-15-5-6-19(24)20(25)10-15)4-7-21(18)34-35(32,33)17-3-1-2-16(11-17)28(30)31/h1-11H,(H,27,29)/b14-8-. The van der Waals surface area contributed by atoms with Crippen molar-refractivity contribution in [2.24, 2.45) is 0 Å². The zero-order valence-corrected chi connectivity index (χ0v) is 21.2. The third-order valence-electron chi connectivity index (χ3n) is 4.33. The summed E-state index contributed by atoms with van der Waals surface area (Å²) in [4.78, 5) is 22.3. The minimum Gasteiger partial charge on any atom is -0.378 e. The van der Waals surface area contributed by atoms with Crippen molar-refractivity contribution in [2.45, 2.75) is 4.90 Å². The first-order valence-electron chi connectivity index (χ1n) is 9.37. The van der Waals surface area contributed by atoms with Gasteiger partial charge in [0.25, 0.3) is 11.6 Å². The number of nitro groups is 1. The fourth-order valence-electron chi connectivity index (χ4n) is 2.68. The first kappa shape index (κ1) is 26.2. The van der Waals surface area contributed by atoms with Crippen LogP contribution in [0.1, 0.15) is 5.56 Å². The van der Waals surface area contributed by atoms with Crippen molar-refractivity contribution in [2.75, 3.05) is 5.32 Å². The van der Waals surface area contributed by atoms with Gasteiger partial charge in [0.2, 0.25) is 0 Å². The molecule has 1 N–H and O–H groups in total. The van der Waals surface area contributed by atoms with Gasteiger partial charge in [-0.05, 0) is 64.0 Å². The fraction of sp³-hybridized carbons (Fsp3) is 0. The number of nitrogens with one attached hydrogen (secondary N) is 1. The second kappa shape index (κ2) is 10.9. The Morgan fingerprint density at radius 3 is 2.49 bits per heavy atom. The summed E-state index contributed by atoms with van der Waals surface area (Å²) >= 11 is 15.0. The third kappa shape index (κ3) is 6.58. The molecular formula is C22H12BrCl2N3O6S. The summed E-state index contributed by atoms with van der Waals surface area (Å²) in [7, 11) is -4.37. The molecule has 0 atom stereocenters. The van der Waals surface area contributed by atoms with Crippen molar-refractivity contribution in [1.82, 2.24) is 0 Å². The molecule has 3 aromatic rings. The molecule has 0 bridgehead atoms. The normalized spacial score (nSPS) is 11.4. The van der Waals surface area contributed by atoms with Gasteiger partial charge in [0.1, 0.15) is 16.5 Å². The summed E-state index contributed by atoms with van der Waals surface area (Å²) in [6, 6.07) is 14.8. The van der Waals surface area contributed by atoms with Crippen LogP contribution >= 0.6 is 39.1 Å². The van der Waals surface area contributed by atoms with Crippen LogP contribution in [0.5, 0.6) is 5.75 Å². The van der Waals surface area contributed by atoms with Crippen molar-refractivity contribution >= 4 is 72.6 Å². The molecule has 0 heterocycles. The summed E-state index contributed by atoms with van der Waals surface area (Å²) in [6.07, 6.45) is 1.29. The van der Waals surface area contributed by atoms with Crippen LogP contribution in [0, 0.1) is 21.4 Å². The Balaban J connectivity index is 1.81. The fourth-order valence-corrected chi connectivity index (χ4v) is 4.55. The van der Waals surface area contributed by atoms with Gasteiger partial charge < -0.3 is 9.50 Å². The van der Waals surface area contributed by atoms with Crippen LogP contribution in [0.2, 0.25) is 10.0 Å². The van der Waals surface area contributed by atoms with E-state index < -0.39 is 31.5 Å². The van der Waals surface area contributed by atoms with Crippen LogP contribution in [-0.2, 0) is 14.9 Å². The molecule has 35 heavy (non-hydrogen) atoms. The topological polar surface area (TPSA) is 139 Å². The highest BCUT2D eigenvalue weighted by atomic mass is 79.9. The van der Waals surface area contributed by atoms with E-state index >= 15 is 0 Å². The number of non-ortho nitro benzene ring substituents is 1. The van der Waals surface area contributed by atoms with Crippen LogP contribution in [-0.4, -0.2) is 19.2 Å². The van der Waals surface area contributed by atoms with Crippen LogP contribution in [0.15, 0.2) is 75.6 Å². The number of benzene rings is 3. The number of nitrogens with zero attached hydrogens (tertiary/aromatic N) is 2. The molecule has 0 saturated carbocycles. The van der Waals surface area contributed by atoms with Crippen molar-refractivity contribution in [3.63, 3.8) is 0 Å². The van der Waals surface area contributed by atoms with Crippen LogP contribution < -0.4 is 9.50 Å². The largest absolute Gasteiger partial charge is 0.378 e. The summed E-state index contributed by atoms with van der Waals surface area (Å²) < 4.78 is 30.4. The molecule has 0 spiro atoms. The van der Waals surface area contributed by atoms with Crippen molar-refractivity contribution < 1.29 is 22.3 Å². The highest BCUT2D eigenvalue weighted by Gasteiger charge is 2.21. The maximum atomic E-state index is 12.6. The maximum absolute atomic E-state index is 12.6. The Bertz CT molecular complexity index is 1520. The highest BCUT2D eigenvalue weighted by molar-refractivity contribution is 9.10. The van der Waals surface area contributed by atoms with E-state index in [0.29, 0.717) is 16.3 Å². The van der Waals surface area contributed by atoms with Crippen molar-refractivity contribution in [3.8, 4) is 11.8 Å². The van der Waals surface area contributed by atoms with Crippen molar-refractivity contribution in [1.29, 1.82) is 5.26 Å². The van der Waals surface area contributed by atoms with E-state index in [1.807, 2.05) is 0 Å². The van der Waals surface area contributed by atoms with E-state index in [1.165, 1.54) is 54.6 Å². The molecule has 9 nitrogen and oxygen atoms in total. The van der Waals surface area contributed by atoms with E-state index in [4.69, 9.17) is 27.4 Å². The zero-order valence-electron chi connectivity index (χ0n) is 17.2. The number of halogens is 3. The lowest BCUT2D eigenvalue weighted by atomic mass is 10.1. The quantitative estimate of drug-likeness (QED) is 0.116. The van der Waals surface area contributed by atoms with E-state index in [-0.39, 0.29) is 20.8 Å². The first-order chi connectivity index (χ1) is 16.5. The minimum atomic E-state index is -4.37. The van der Waals surface area contributed by atoms with E-state index in [0.717, 1.165) is 12.1 Å². The molecule has 0 aromatic heterocycles. The second-order valence-electron chi connectivity index (χ2n) is 6.73. The SMILES string of the molecule is N#C/C(=C/c1ccc(OS(=O)(=O)c2cccc([N+](=O)[O-])c2)c(Br)c1)C(=O)Nc1ccc(Cl)c(Cl)c1. The molecule has 0 aliphatic heterocycles. The molecule has 0 saturated heterocycles. The predicted molar refractivity (Wildman–Crippen MR) is 134 cm³/mol. The number of nitro benzene ring substituents is 1. The van der Waals surface area contributed by atoms with Gasteiger partial charge in [0.15, 0.2) is 5.75 Å². The number of anilines is 1. The Kier molecular flexibility index (Phi) is 8.14. The minimum absolute atomic E-state index is 0.104. The molecule has 1 amide bonds. The van der Waals surface area contributed by atoms with Gasteiger partial charge in [-0.25, -0.2) is 0 Å². The summed E-state index contributed by atoms with van der Waals surface area (Å²) in [5, 5.41) is 23.4. The van der Waals surface area contributed by atoms with Gasteiger partial charge in [-0.2, -0.15) is 13.7 Å². The van der Waals surface area contributed by atoms with E-state index in [2.05, 4.69) is 21.2 Å². The van der Waals surface area contributed by atoms with Gasteiger partial charge in [-0.1, -0.05) is 35.3 Å². The first-order valence-corrected chi connectivity index (χ1v) is 12.3. The second-order valence-corrected chi connectivity index (χ2v) is 9.95. The number of carbonyl (C=O) groups excluding carboxylic acids is 1. The molecule has 0 unspecified atom stereocenters. The average Bonchev–Trinajstić information content (AvgIpc) is 2.81. The predicted octanol–water partition coefficient (Wildman–Crippen LogP) is 5.98. The zero-order chi connectivity index (χ0) is 25.8. The lowest BCUT2D eigenvalue weighted by Gasteiger charge is -2.09. The Morgan fingerprint density at radius 2 is 1.86 bits per heavy atom. The molecule has 0 aliphatic rings. The Labute approximate surface area is 217 Å². The Morgan fingerprint density at radius 1 is 1.11 bits per heavy atom. The van der Waals surface area contributed by atoms with Gasteiger partial charge in [0, 0.05) is 17.8 Å². The van der Waals surface area contributed by atoms with Gasteiger partial charge in [-0.3, -0.25) is 14.9 Å². The number of rotatable bonds is 7. The number of carbonyl (C=O) groups is 1. The number of hydrogen-bond donors (Lipinski definition) is 1. The summed E-state index contributed by atoms with van der Waals surface area (Å²) in [5.74, 6) is -0.803. The van der Waals surface area contributed by atoms with Gasteiger partial charge >= 0.3 is 10.1 Å². The smallest absolute Gasteiger partial charge is 0.339 e.